The Kier molecular flexibility index (Phi) is 8.51. The smallest absolute Gasteiger partial charge is 0.416 e. The van der Waals surface area contributed by atoms with E-state index >= 15 is 0 Å². The number of carbonyl (C=O) groups is 3. The number of carbonyl (C=O) groups excluding carboxylic acids is 3. The van der Waals surface area contributed by atoms with Gasteiger partial charge in [0.15, 0.2) is 5.76 Å². The van der Waals surface area contributed by atoms with Gasteiger partial charge in [0.2, 0.25) is 0 Å². The molecule has 0 saturated carbocycles. The van der Waals surface area contributed by atoms with Gasteiger partial charge in [-0.05, 0) is 61.5 Å². The summed E-state index contributed by atoms with van der Waals surface area (Å²) in [4.78, 5) is 42.4. The summed E-state index contributed by atoms with van der Waals surface area (Å²) >= 11 is 0. The van der Waals surface area contributed by atoms with Gasteiger partial charge in [0.05, 0.1) is 29.1 Å². The maximum atomic E-state index is 13.3. The maximum absolute atomic E-state index is 13.3. The molecule has 222 valence electrons. The van der Waals surface area contributed by atoms with E-state index in [-0.39, 0.29) is 35.2 Å². The van der Waals surface area contributed by atoms with Gasteiger partial charge in [0.25, 0.3) is 11.8 Å². The second-order valence-electron chi connectivity index (χ2n) is 9.79. The monoisotopic (exact) mass is 591 g/mol. The first kappa shape index (κ1) is 29.4. The van der Waals surface area contributed by atoms with Crippen LogP contribution in [0.1, 0.15) is 43.8 Å². The number of rotatable bonds is 7. The SMILES string of the molecule is CCOC(=O)c1ccc(N2CCN(C(=O)c3ccccc3)CC2)c(NC(=O)c2ccc(-c3cccc(C(F)(F)F)c3)o2)c1. The molecule has 2 heterocycles. The molecule has 2 amide bonds. The Balaban J connectivity index is 1.36. The number of esters is 1. The first-order valence-electron chi connectivity index (χ1n) is 13.6. The van der Waals surface area contributed by atoms with Gasteiger partial charge in [0.1, 0.15) is 5.76 Å². The Hall–Kier alpha value is -5.06. The minimum atomic E-state index is -4.52. The molecule has 1 fully saturated rings. The van der Waals surface area contributed by atoms with Crippen molar-refractivity contribution in [2.45, 2.75) is 13.1 Å². The Morgan fingerprint density at radius 2 is 1.60 bits per heavy atom. The zero-order chi connectivity index (χ0) is 30.6. The molecule has 1 aliphatic rings. The molecule has 0 unspecified atom stereocenters. The van der Waals surface area contributed by atoms with Crippen LogP contribution in [-0.2, 0) is 10.9 Å². The van der Waals surface area contributed by atoms with Crippen LogP contribution in [0.5, 0.6) is 0 Å². The van der Waals surface area contributed by atoms with Gasteiger partial charge < -0.3 is 24.3 Å². The Labute approximate surface area is 245 Å². The number of hydrogen-bond donors (Lipinski definition) is 1. The Morgan fingerprint density at radius 1 is 0.860 bits per heavy atom. The number of benzene rings is 3. The number of nitrogens with one attached hydrogen (secondary N) is 1. The number of nitrogens with zero attached hydrogens (tertiary/aromatic N) is 2. The van der Waals surface area contributed by atoms with Crippen molar-refractivity contribution >= 4 is 29.2 Å². The first-order valence-corrected chi connectivity index (χ1v) is 13.6. The van der Waals surface area contributed by atoms with E-state index in [0.29, 0.717) is 43.1 Å². The van der Waals surface area contributed by atoms with Crippen molar-refractivity contribution < 1.29 is 36.7 Å². The molecule has 0 aliphatic carbocycles. The molecule has 0 atom stereocenters. The van der Waals surface area contributed by atoms with Crippen LogP contribution >= 0.6 is 0 Å². The van der Waals surface area contributed by atoms with Crippen LogP contribution in [0, 0.1) is 0 Å². The van der Waals surface area contributed by atoms with E-state index < -0.39 is 23.6 Å². The number of alkyl halides is 3. The van der Waals surface area contributed by atoms with Gasteiger partial charge in [-0.25, -0.2) is 4.79 Å². The summed E-state index contributed by atoms with van der Waals surface area (Å²) < 4.78 is 50.3. The highest BCUT2D eigenvalue weighted by molar-refractivity contribution is 6.05. The molecule has 11 heteroatoms. The molecule has 0 bridgehead atoms. The second kappa shape index (κ2) is 12.4. The van der Waals surface area contributed by atoms with Crippen LogP contribution in [0.3, 0.4) is 0 Å². The van der Waals surface area contributed by atoms with Crippen molar-refractivity contribution in [2.24, 2.45) is 0 Å². The average Bonchev–Trinajstić information content (AvgIpc) is 3.52. The zero-order valence-corrected chi connectivity index (χ0v) is 23.2. The molecule has 1 saturated heterocycles. The van der Waals surface area contributed by atoms with Crippen LogP contribution < -0.4 is 10.2 Å². The Morgan fingerprint density at radius 3 is 2.30 bits per heavy atom. The minimum Gasteiger partial charge on any atom is -0.462 e. The highest BCUT2D eigenvalue weighted by atomic mass is 19.4. The van der Waals surface area contributed by atoms with E-state index in [0.717, 1.165) is 12.1 Å². The lowest BCUT2D eigenvalue weighted by atomic mass is 10.1. The molecule has 0 spiro atoms. The Bertz CT molecular complexity index is 1630. The highest BCUT2D eigenvalue weighted by Gasteiger charge is 2.31. The summed E-state index contributed by atoms with van der Waals surface area (Å²) in [7, 11) is 0. The van der Waals surface area contributed by atoms with E-state index in [1.54, 1.807) is 36.1 Å². The first-order chi connectivity index (χ1) is 20.6. The topological polar surface area (TPSA) is 92.1 Å². The third-order valence-electron chi connectivity index (χ3n) is 6.99. The molecule has 0 radical (unpaired) electrons. The number of amides is 2. The van der Waals surface area contributed by atoms with Gasteiger partial charge in [0, 0.05) is 37.3 Å². The average molecular weight is 592 g/mol. The van der Waals surface area contributed by atoms with Gasteiger partial charge in [-0.15, -0.1) is 0 Å². The van der Waals surface area contributed by atoms with Crippen LogP contribution in [0.4, 0.5) is 24.5 Å². The number of ether oxygens (including phenoxy) is 1. The predicted octanol–water partition coefficient (Wildman–Crippen LogP) is 6.36. The van der Waals surface area contributed by atoms with Crippen molar-refractivity contribution in [3.63, 3.8) is 0 Å². The number of hydrogen-bond acceptors (Lipinski definition) is 6. The summed E-state index contributed by atoms with van der Waals surface area (Å²) in [6.45, 7) is 3.69. The van der Waals surface area contributed by atoms with Gasteiger partial charge >= 0.3 is 12.1 Å². The van der Waals surface area contributed by atoms with Crippen molar-refractivity contribution in [3.05, 3.63) is 107 Å². The predicted molar refractivity (Wildman–Crippen MR) is 154 cm³/mol. The summed E-state index contributed by atoms with van der Waals surface area (Å²) in [5, 5.41) is 2.78. The van der Waals surface area contributed by atoms with Crippen molar-refractivity contribution in [2.75, 3.05) is 43.0 Å². The van der Waals surface area contributed by atoms with Crippen LogP contribution in [0.25, 0.3) is 11.3 Å². The van der Waals surface area contributed by atoms with Crippen LogP contribution in [0.15, 0.2) is 89.3 Å². The van der Waals surface area contributed by atoms with E-state index in [4.69, 9.17) is 9.15 Å². The third-order valence-corrected chi connectivity index (χ3v) is 6.99. The van der Waals surface area contributed by atoms with Crippen LogP contribution in [-0.4, -0.2) is 55.5 Å². The number of halogens is 3. The lowest BCUT2D eigenvalue weighted by Crippen LogP contribution is -2.49. The van der Waals surface area contributed by atoms with Crippen molar-refractivity contribution in [1.82, 2.24) is 4.90 Å². The fourth-order valence-corrected chi connectivity index (χ4v) is 4.81. The van der Waals surface area contributed by atoms with Gasteiger partial charge in [-0.2, -0.15) is 13.2 Å². The standard InChI is InChI=1S/C32H28F3N3O5/c1-2-42-31(41)23-11-12-26(37-15-17-38(18-16-37)30(40)21-7-4-3-5-8-21)25(20-23)36-29(39)28-14-13-27(43-28)22-9-6-10-24(19-22)32(33,34)35/h3-14,19-20H,2,15-18H2,1H3,(H,36,39). The van der Waals surface area contributed by atoms with E-state index in [2.05, 4.69) is 5.32 Å². The number of piperazine rings is 1. The molecule has 1 aromatic heterocycles. The molecule has 4 aromatic rings. The molecule has 1 N–H and O–H groups in total. The normalized spacial score (nSPS) is 13.5. The quantitative estimate of drug-likeness (QED) is 0.252. The van der Waals surface area contributed by atoms with Crippen molar-refractivity contribution in [1.29, 1.82) is 0 Å². The van der Waals surface area contributed by atoms with E-state index in [1.807, 2.05) is 23.1 Å². The van der Waals surface area contributed by atoms with Gasteiger partial charge in [-0.1, -0.05) is 30.3 Å². The van der Waals surface area contributed by atoms with Gasteiger partial charge in [-0.3, -0.25) is 9.59 Å². The molecule has 43 heavy (non-hydrogen) atoms. The fraction of sp³-hybridized carbons (Fsp3) is 0.219. The summed E-state index contributed by atoms with van der Waals surface area (Å²) in [5.74, 6) is -1.32. The molecule has 5 rings (SSSR count). The van der Waals surface area contributed by atoms with E-state index in [9.17, 15) is 27.6 Å². The molecule has 3 aromatic carbocycles. The zero-order valence-electron chi connectivity index (χ0n) is 23.2. The summed E-state index contributed by atoms with van der Waals surface area (Å²) in [6.07, 6.45) is -4.52. The largest absolute Gasteiger partial charge is 0.462 e. The summed E-state index contributed by atoms with van der Waals surface area (Å²) in [6, 6.07) is 21.2. The number of furan rings is 1. The second-order valence-corrected chi connectivity index (χ2v) is 9.79. The molecule has 8 nitrogen and oxygen atoms in total. The van der Waals surface area contributed by atoms with E-state index in [1.165, 1.54) is 30.3 Å². The lowest BCUT2D eigenvalue weighted by molar-refractivity contribution is -0.137. The minimum absolute atomic E-state index is 0.0687. The van der Waals surface area contributed by atoms with Crippen molar-refractivity contribution in [3.8, 4) is 11.3 Å². The molecular formula is C32H28F3N3O5. The third kappa shape index (κ3) is 6.72. The summed E-state index contributed by atoms with van der Waals surface area (Å²) in [5.41, 5.74) is 1.10. The van der Waals surface area contributed by atoms with Crippen LogP contribution in [0.2, 0.25) is 0 Å². The molecular weight excluding hydrogens is 563 g/mol. The lowest BCUT2D eigenvalue weighted by Gasteiger charge is -2.37. The number of anilines is 2. The fourth-order valence-electron chi connectivity index (χ4n) is 4.81. The highest BCUT2D eigenvalue weighted by Crippen LogP contribution is 2.33. The maximum Gasteiger partial charge on any atom is 0.416 e. The molecule has 1 aliphatic heterocycles.